The number of nitrogens with zero attached hydrogens (tertiary/aromatic N) is 1. The Balaban J connectivity index is 1.82. The third kappa shape index (κ3) is 3.74. The number of rotatable bonds is 4. The van der Waals surface area contributed by atoms with Gasteiger partial charge in [-0.2, -0.15) is 0 Å². The highest BCUT2D eigenvalue weighted by atomic mass is 79.9. The fraction of sp³-hybridized carbons (Fsp3) is 0.280. The summed E-state index contributed by atoms with van der Waals surface area (Å²) < 4.78 is 6.89. The number of hydrogen-bond acceptors (Lipinski definition) is 3. The molecule has 3 aromatic carbocycles. The molecule has 4 rings (SSSR count). The van der Waals surface area contributed by atoms with E-state index in [1.165, 1.54) is 16.7 Å². The van der Waals surface area contributed by atoms with Crippen LogP contribution in [0.15, 0.2) is 71.2 Å². The number of benzene rings is 3. The summed E-state index contributed by atoms with van der Waals surface area (Å²) in [5, 5.41) is 10.0. The van der Waals surface area contributed by atoms with Crippen LogP contribution in [0, 0.1) is 0 Å². The molecule has 0 bridgehead atoms. The highest BCUT2D eigenvalue weighted by Gasteiger charge is 2.40. The number of phenolic OH excluding ortho intramolecular Hbond substituents is 1. The minimum atomic E-state index is -0.345. The van der Waals surface area contributed by atoms with Crippen LogP contribution >= 0.6 is 15.9 Å². The maximum absolute atomic E-state index is 10.0. The molecule has 0 saturated heterocycles. The third-order valence-corrected chi connectivity index (χ3v) is 6.21. The van der Waals surface area contributed by atoms with Crippen LogP contribution in [0.3, 0.4) is 0 Å². The lowest BCUT2D eigenvalue weighted by Crippen LogP contribution is -2.49. The molecule has 1 N–H and O–H groups in total. The van der Waals surface area contributed by atoms with Crippen molar-refractivity contribution in [2.24, 2.45) is 0 Å². The highest BCUT2D eigenvalue weighted by molar-refractivity contribution is 9.10. The van der Waals surface area contributed by atoms with Crippen molar-refractivity contribution in [2.45, 2.75) is 38.8 Å². The van der Waals surface area contributed by atoms with Gasteiger partial charge >= 0.3 is 0 Å². The van der Waals surface area contributed by atoms with Gasteiger partial charge in [-0.05, 0) is 92.4 Å². The molecule has 1 aliphatic rings. The van der Waals surface area contributed by atoms with Crippen LogP contribution in [0.2, 0.25) is 0 Å². The van der Waals surface area contributed by atoms with E-state index in [2.05, 4.69) is 70.2 Å². The van der Waals surface area contributed by atoms with E-state index in [-0.39, 0.29) is 11.6 Å². The number of hydrogen-bond donors (Lipinski definition) is 1. The second-order valence-corrected chi connectivity index (χ2v) is 8.90. The van der Waals surface area contributed by atoms with Crippen molar-refractivity contribution < 1.29 is 9.84 Å². The Morgan fingerprint density at radius 2 is 1.69 bits per heavy atom. The van der Waals surface area contributed by atoms with Crippen molar-refractivity contribution in [2.75, 3.05) is 11.4 Å². The molecule has 0 aliphatic carbocycles. The largest absolute Gasteiger partial charge is 0.508 e. The summed E-state index contributed by atoms with van der Waals surface area (Å²) in [5.74, 6) is 1.21. The van der Waals surface area contributed by atoms with Gasteiger partial charge in [-0.3, -0.25) is 0 Å². The molecule has 0 radical (unpaired) electrons. The maximum atomic E-state index is 10.0. The Kier molecular flexibility index (Phi) is 5.30. The van der Waals surface area contributed by atoms with Crippen molar-refractivity contribution in [3.05, 3.63) is 87.9 Å². The van der Waals surface area contributed by atoms with Gasteiger partial charge in [-0.15, -0.1) is 0 Å². The molecule has 3 nitrogen and oxygen atoms in total. The Morgan fingerprint density at radius 3 is 2.34 bits per heavy atom. The van der Waals surface area contributed by atoms with Crippen LogP contribution in [-0.2, 0) is 12.0 Å². The van der Waals surface area contributed by atoms with E-state index in [0.29, 0.717) is 5.75 Å². The average molecular weight is 452 g/mol. The maximum Gasteiger partial charge on any atom is 0.119 e. The second-order valence-electron chi connectivity index (χ2n) is 7.98. The molecule has 0 amide bonds. The van der Waals surface area contributed by atoms with E-state index in [1.54, 1.807) is 6.07 Å². The predicted octanol–water partition coefficient (Wildman–Crippen LogP) is 6.27. The molecule has 0 saturated carbocycles. The first-order valence-corrected chi connectivity index (χ1v) is 10.8. The van der Waals surface area contributed by atoms with Gasteiger partial charge in [0.1, 0.15) is 11.5 Å². The van der Waals surface area contributed by atoms with E-state index in [0.717, 1.165) is 28.9 Å². The Bertz CT molecular complexity index is 998. The molecular formula is C25H26BrNO2. The summed E-state index contributed by atoms with van der Waals surface area (Å²) in [7, 11) is 0. The first-order chi connectivity index (χ1) is 13.9. The van der Waals surface area contributed by atoms with Crippen LogP contribution < -0.4 is 9.64 Å². The van der Waals surface area contributed by atoms with Gasteiger partial charge < -0.3 is 14.7 Å². The molecule has 29 heavy (non-hydrogen) atoms. The van der Waals surface area contributed by atoms with E-state index in [9.17, 15) is 5.11 Å². The summed E-state index contributed by atoms with van der Waals surface area (Å²) in [4.78, 5) is 2.45. The Labute approximate surface area is 181 Å². The summed E-state index contributed by atoms with van der Waals surface area (Å²) in [6.45, 7) is 7.21. The van der Waals surface area contributed by atoms with E-state index in [4.69, 9.17) is 4.74 Å². The van der Waals surface area contributed by atoms with Gasteiger partial charge in [-0.25, -0.2) is 0 Å². The van der Waals surface area contributed by atoms with E-state index in [1.807, 2.05) is 32.0 Å². The van der Waals surface area contributed by atoms with Crippen molar-refractivity contribution in [1.82, 2.24) is 0 Å². The minimum Gasteiger partial charge on any atom is -0.508 e. The van der Waals surface area contributed by atoms with Gasteiger partial charge in [0.25, 0.3) is 0 Å². The molecule has 4 heteroatoms. The summed E-state index contributed by atoms with van der Waals surface area (Å²) in [6.07, 6.45) is 1.04. The summed E-state index contributed by atoms with van der Waals surface area (Å²) in [6, 6.07) is 22.7. The van der Waals surface area contributed by atoms with Crippen LogP contribution in [0.1, 0.15) is 37.5 Å². The van der Waals surface area contributed by atoms with Crippen molar-refractivity contribution in [3.63, 3.8) is 0 Å². The first kappa shape index (κ1) is 19.8. The normalized spacial score (nSPS) is 18.6. The molecule has 1 aliphatic heterocycles. The molecular weight excluding hydrogens is 426 g/mol. The van der Waals surface area contributed by atoms with Crippen molar-refractivity contribution >= 4 is 21.6 Å². The lowest BCUT2D eigenvalue weighted by atomic mass is 9.76. The molecule has 3 aromatic rings. The van der Waals surface area contributed by atoms with Gasteiger partial charge in [0, 0.05) is 16.7 Å². The molecule has 1 atom stereocenters. The first-order valence-electron chi connectivity index (χ1n) is 10.0. The van der Waals surface area contributed by atoms with Gasteiger partial charge in [0.2, 0.25) is 0 Å². The number of aromatic hydroxyl groups is 1. The van der Waals surface area contributed by atoms with Crippen LogP contribution in [0.25, 0.3) is 0 Å². The Morgan fingerprint density at radius 1 is 1.00 bits per heavy atom. The third-order valence-electron chi connectivity index (χ3n) is 5.68. The minimum absolute atomic E-state index is 0.156. The lowest BCUT2D eigenvalue weighted by molar-refractivity contribution is 0.242. The fourth-order valence-electron chi connectivity index (χ4n) is 4.31. The smallest absolute Gasteiger partial charge is 0.119 e. The fourth-order valence-corrected chi connectivity index (χ4v) is 4.58. The van der Waals surface area contributed by atoms with Crippen LogP contribution in [0.5, 0.6) is 11.5 Å². The number of anilines is 1. The number of halogens is 1. The molecule has 1 heterocycles. The highest BCUT2D eigenvalue weighted by Crippen LogP contribution is 2.44. The van der Waals surface area contributed by atoms with Gasteiger partial charge in [0.15, 0.2) is 0 Å². The number of ether oxygens (including phenoxy) is 1. The van der Waals surface area contributed by atoms with Crippen LogP contribution in [0.4, 0.5) is 5.69 Å². The van der Waals surface area contributed by atoms with Crippen molar-refractivity contribution in [1.29, 1.82) is 0 Å². The Hall–Kier alpha value is -2.46. The molecule has 1 unspecified atom stereocenters. The number of fused-ring (bicyclic) bond motifs is 1. The summed E-state index contributed by atoms with van der Waals surface area (Å²) >= 11 is 3.56. The quantitative estimate of drug-likeness (QED) is 0.507. The van der Waals surface area contributed by atoms with E-state index >= 15 is 0 Å². The number of phenols is 1. The zero-order chi connectivity index (χ0) is 20.6. The zero-order valence-corrected chi connectivity index (χ0v) is 18.6. The molecule has 0 aromatic heterocycles. The average Bonchev–Trinajstić information content (AvgIpc) is 2.69. The second kappa shape index (κ2) is 7.75. The topological polar surface area (TPSA) is 32.7 Å². The van der Waals surface area contributed by atoms with E-state index < -0.39 is 0 Å². The lowest BCUT2D eigenvalue weighted by Gasteiger charge is -2.48. The molecule has 0 spiro atoms. The zero-order valence-electron chi connectivity index (χ0n) is 17.0. The SMILES string of the molecule is CC(C)Oc1ccc(N2CCc3cc(O)ccc3C2(C)c2ccc(Br)cc2)cc1. The molecule has 150 valence electrons. The monoisotopic (exact) mass is 451 g/mol. The van der Waals surface area contributed by atoms with Gasteiger partial charge in [0.05, 0.1) is 11.6 Å². The predicted molar refractivity (Wildman–Crippen MR) is 122 cm³/mol. The van der Waals surface area contributed by atoms with Crippen LogP contribution in [-0.4, -0.2) is 17.8 Å². The summed E-state index contributed by atoms with van der Waals surface area (Å²) in [5.41, 5.74) is 4.46. The molecule has 0 fully saturated rings. The van der Waals surface area contributed by atoms with Gasteiger partial charge in [-0.1, -0.05) is 34.1 Å². The standard InChI is InChI=1S/C25H26BrNO2/c1-17(2)29-23-11-8-21(9-12-23)27-15-14-18-16-22(28)10-13-24(18)25(27,3)19-4-6-20(26)7-5-19/h4-13,16-17,28H,14-15H2,1-3H3. The van der Waals surface area contributed by atoms with Crippen molar-refractivity contribution in [3.8, 4) is 11.5 Å².